The molecule has 35 heavy (non-hydrogen) atoms. The van der Waals surface area contributed by atoms with Gasteiger partial charge in [0.2, 0.25) is 15.9 Å². The summed E-state index contributed by atoms with van der Waals surface area (Å²) in [6, 6.07) is 13.3. The molecule has 1 spiro atoms. The van der Waals surface area contributed by atoms with Crippen molar-refractivity contribution in [3.8, 4) is 11.1 Å². The topological polar surface area (TPSA) is 111 Å². The highest BCUT2D eigenvalue weighted by Gasteiger charge is 2.47. The van der Waals surface area contributed by atoms with Gasteiger partial charge in [0.15, 0.2) is 5.82 Å². The van der Waals surface area contributed by atoms with Gasteiger partial charge in [0.25, 0.3) is 0 Å². The van der Waals surface area contributed by atoms with Crippen molar-refractivity contribution in [2.75, 3.05) is 32.0 Å². The molecule has 3 aliphatic rings. The summed E-state index contributed by atoms with van der Waals surface area (Å²) in [4.78, 5) is 14.4. The minimum atomic E-state index is -3.62. The van der Waals surface area contributed by atoms with Crippen molar-refractivity contribution < 1.29 is 17.9 Å². The Balaban J connectivity index is 1.17. The fraction of sp³-hybridized carbons (Fsp3) is 0.440. The quantitative estimate of drug-likeness (QED) is 0.595. The minimum absolute atomic E-state index is 0.0549. The number of nitrogens with zero attached hydrogens (tertiary/aromatic N) is 4. The Morgan fingerprint density at radius 1 is 1.06 bits per heavy atom. The Kier molecular flexibility index (Phi) is 5.17. The van der Waals surface area contributed by atoms with Crippen molar-refractivity contribution >= 4 is 32.7 Å². The number of aryl methyl sites for hydroxylation is 1. The third-order valence-electron chi connectivity index (χ3n) is 7.61. The Bertz CT molecular complexity index is 1400. The maximum Gasteiger partial charge on any atom is 0.248 e. The summed E-state index contributed by atoms with van der Waals surface area (Å²) >= 11 is 0. The molecule has 2 aliphatic heterocycles. The lowest BCUT2D eigenvalue weighted by Crippen LogP contribution is -2.59. The number of hydrogen-bond donors (Lipinski definition) is 1. The second kappa shape index (κ2) is 8.04. The molecule has 0 radical (unpaired) electrons. The molecule has 1 saturated carbocycles. The van der Waals surface area contributed by atoms with Crippen LogP contribution in [0.1, 0.15) is 25.7 Å². The molecule has 3 heterocycles. The summed E-state index contributed by atoms with van der Waals surface area (Å²) in [5.74, 6) is 0.545. The number of nitrogens with two attached hydrogens (primary N) is 1. The van der Waals surface area contributed by atoms with E-state index < -0.39 is 15.6 Å². The molecule has 0 unspecified atom stereocenters. The van der Waals surface area contributed by atoms with Gasteiger partial charge in [-0.25, -0.2) is 8.42 Å². The first-order valence-corrected chi connectivity index (χ1v) is 13.5. The number of fused-ring (bicyclic) bond motifs is 1. The first kappa shape index (κ1) is 22.5. The Labute approximate surface area is 204 Å². The van der Waals surface area contributed by atoms with E-state index in [1.165, 1.54) is 0 Å². The number of piperidine rings is 1. The van der Waals surface area contributed by atoms with Crippen LogP contribution in [0.2, 0.25) is 0 Å². The van der Waals surface area contributed by atoms with Gasteiger partial charge in [0.1, 0.15) is 6.61 Å². The molecule has 0 atom stereocenters. The van der Waals surface area contributed by atoms with E-state index in [4.69, 9.17) is 10.5 Å². The molecule has 10 heteroatoms. The second-order valence-corrected chi connectivity index (χ2v) is 11.8. The number of aromatic nitrogens is 2. The van der Waals surface area contributed by atoms with Crippen LogP contribution in [0, 0.1) is 0 Å². The van der Waals surface area contributed by atoms with Crippen molar-refractivity contribution in [3.63, 3.8) is 0 Å². The number of carbonyl (C=O) groups is 1. The van der Waals surface area contributed by atoms with Crippen molar-refractivity contribution in [2.24, 2.45) is 7.05 Å². The summed E-state index contributed by atoms with van der Waals surface area (Å²) in [6.07, 6.45) is 3.30. The largest absolute Gasteiger partial charge is 0.382 e. The van der Waals surface area contributed by atoms with Gasteiger partial charge in [0.05, 0.1) is 22.6 Å². The van der Waals surface area contributed by atoms with Crippen LogP contribution in [0.3, 0.4) is 0 Å². The normalized spacial score (nSPS) is 21.2. The van der Waals surface area contributed by atoms with Crippen LogP contribution in [-0.2, 0) is 26.6 Å². The molecule has 2 aromatic carbocycles. The number of nitrogen functional groups attached to an aromatic ring is 1. The minimum Gasteiger partial charge on any atom is -0.382 e. The molecule has 1 aromatic heterocycles. The van der Waals surface area contributed by atoms with Crippen LogP contribution in [0.4, 0.5) is 5.82 Å². The molecule has 3 fully saturated rings. The molecule has 1 amide bonds. The van der Waals surface area contributed by atoms with Crippen molar-refractivity contribution in [1.82, 2.24) is 19.0 Å². The number of hydrogen-bond acceptors (Lipinski definition) is 6. The van der Waals surface area contributed by atoms with E-state index in [2.05, 4.69) is 5.10 Å². The summed E-state index contributed by atoms with van der Waals surface area (Å²) < 4.78 is 36.0. The Morgan fingerprint density at radius 2 is 1.74 bits per heavy atom. The van der Waals surface area contributed by atoms with E-state index >= 15 is 0 Å². The molecule has 9 nitrogen and oxygen atoms in total. The predicted molar refractivity (Wildman–Crippen MR) is 132 cm³/mol. The third kappa shape index (κ3) is 3.89. The van der Waals surface area contributed by atoms with Gasteiger partial charge in [0, 0.05) is 31.6 Å². The number of sulfonamides is 1. The second-order valence-electron chi connectivity index (χ2n) is 9.89. The summed E-state index contributed by atoms with van der Waals surface area (Å²) in [5.41, 5.74) is 8.33. The average molecular weight is 496 g/mol. The fourth-order valence-corrected chi connectivity index (χ4v) is 6.77. The lowest BCUT2D eigenvalue weighted by molar-refractivity contribution is -0.170. The van der Waals surface area contributed by atoms with E-state index in [-0.39, 0.29) is 17.4 Å². The standard InChI is InChI=1S/C25H29N5O4S/c1-28-22-14-18(4-9-21(22)24(26)27-28)17-2-7-20(8-3-17)35(32,33)29-12-10-25(11-13-29)16-30(19-5-6-19)23(31)15-34-25/h2-4,7-9,14,19H,5-6,10-13,15-16H2,1H3,(H2,26,27). The summed E-state index contributed by atoms with van der Waals surface area (Å²) in [7, 11) is -1.77. The molecular weight excluding hydrogens is 466 g/mol. The number of amides is 1. The SMILES string of the molecule is Cn1nc(N)c2ccc(-c3ccc(S(=O)(=O)N4CCC5(CC4)CN(C4CC4)C(=O)CO5)cc3)cc21. The zero-order valence-corrected chi connectivity index (χ0v) is 20.5. The monoisotopic (exact) mass is 495 g/mol. The number of ether oxygens (including phenoxy) is 1. The molecule has 0 bridgehead atoms. The van der Waals surface area contributed by atoms with Crippen molar-refractivity contribution in [2.45, 2.75) is 42.2 Å². The number of benzene rings is 2. The third-order valence-corrected chi connectivity index (χ3v) is 9.52. The molecule has 3 aromatic rings. The maximum atomic E-state index is 13.4. The van der Waals surface area contributed by atoms with E-state index in [0.717, 1.165) is 34.9 Å². The first-order valence-electron chi connectivity index (χ1n) is 12.0. The van der Waals surface area contributed by atoms with Gasteiger partial charge in [-0.3, -0.25) is 9.48 Å². The highest BCUT2D eigenvalue weighted by molar-refractivity contribution is 7.89. The Morgan fingerprint density at radius 3 is 2.43 bits per heavy atom. The average Bonchev–Trinajstić information content (AvgIpc) is 3.67. The summed E-state index contributed by atoms with van der Waals surface area (Å²) in [5, 5.41) is 5.15. The summed E-state index contributed by atoms with van der Waals surface area (Å²) in [6.45, 7) is 1.44. The van der Waals surface area contributed by atoms with E-state index in [9.17, 15) is 13.2 Å². The lowest BCUT2D eigenvalue weighted by Gasteiger charge is -2.46. The fourth-order valence-electron chi connectivity index (χ4n) is 5.33. The van der Waals surface area contributed by atoms with E-state index in [1.54, 1.807) is 21.1 Å². The number of anilines is 1. The van der Waals surface area contributed by atoms with E-state index in [1.807, 2.05) is 42.3 Å². The highest BCUT2D eigenvalue weighted by atomic mass is 32.2. The van der Waals surface area contributed by atoms with Crippen LogP contribution in [0.25, 0.3) is 22.0 Å². The van der Waals surface area contributed by atoms with Gasteiger partial charge in [-0.2, -0.15) is 9.40 Å². The van der Waals surface area contributed by atoms with Gasteiger partial charge in [-0.1, -0.05) is 18.2 Å². The van der Waals surface area contributed by atoms with Crippen molar-refractivity contribution in [3.05, 3.63) is 42.5 Å². The first-order chi connectivity index (χ1) is 16.8. The van der Waals surface area contributed by atoms with Gasteiger partial charge in [-0.05, 0) is 61.1 Å². The Hall–Kier alpha value is -2.95. The highest BCUT2D eigenvalue weighted by Crippen LogP contribution is 2.37. The van der Waals surface area contributed by atoms with Crippen LogP contribution < -0.4 is 5.73 Å². The van der Waals surface area contributed by atoms with Gasteiger partial charge >= 0.3 is 0 Å². The zero-order valence-electron chi connectivity index (χ0n) is 19.7. The van der Waals surface area contributed by atoms with Crippen LogP contribution in [-0.4, -0.2) is 71.2 Å². The molecule has 1 aliphatic carbocycles. The number of morpholine rings is 1. The lowest BCUT2D eigenvalue weighted by atomic mass is 9.90. The van der Waals surface area contributed by atoms with Crippen LogP contribution >= 0.6 is 0 Å². The number of carbonyl (C=O) groups excluding carboxylic acids is 1. The van der Waals surface area contributed by atoms with Crippen LogP contribution in [0.15, 0.2) is 47.4 Å². The molecule has 6 rings (SSSR count). The molecule has 184 valence electrons. The zero-order chi connectivity index (χ0) is 24.4. The molecule has 2 saturated heterocycles. The molecule has 2 N–H and O–H groups in total. The van der Waals surface area contributed by atoms with Gasteiger partial charge in [-0.15, -0.1) is 0 Å². The van der Waals surface area contributed by atoms with E-state index in [0.29, 0.717) is 44.3 Å². The van der Waals surface area contributed by atoms with Crippen molar-refractivity contribution in [1.29, 1.82) is 0 Å². The smallest absolute Gasteiger partial charge is 0.248 e. The predicted octanol–water partition coefficient (Wildman–Crippen LogP) is 2.37. The van der Waals surface area contributed by atoms with Gasteiger partial charge < -0.3 is 15.4 Å². The van der Waals surface area contributed by atoms with Crippen LogP contribution in [0.5, 0.6) is 0 Å². The number of rotatable bonds is 4. The molecular formula is C25H29N5O4S. The maximum absolute atomic E-state index is 13.4.